The summed E-state index contributed by atoms with van der Waals surface area (Å²) in [7, 11) is 1.26. The van der Waals surface area contributed by atoms with Crippen LogP contribution >= 0.6 is 15.9 Å². The fourth-order valence-corrected chi connectivity index (χ4v) is 3.18. The normalized spacial score (nSPS) is 20.0. The number of carbonyl (C=O) groups excluding carboxylic acids is 3. The number of benzene rings is 1. The first-order valence-corrected chi connectivity index (χ1v) is 9.24. The van der Waals surface area contributed by atoms with Crippen molar-refractivity contribution >= 4 is 34.2 Å². The molecule has 27 heavy (non-hydrogen) atoms. The Bertz CT molecular complexity index is 639. The average Bonchev–Trinajstić information content (AvgIpc) is 3.29. The predicted octanol–water partition coefficient (Wildman–Crippen LogP) is 1.01. The van der Waals surface area contributed by atoms with Gasteiger partial charge in [-0.1, -0.05) is 33.6 Å². The summed E-state index contributed by atoms with van der Waals surface area (Å²) in [6.07, 6.45) is 0.673. The van der Waals surface area contributed by atoms with E-state index in [-0.39, 0.29) is 25.4 Å². The average molecular weight is 443 g/mol. The number of ether oxygens (including phenoxy) is 3. The zero-order valence-corrected chi connectivity index (χ0v) is 16.9. The van der Waals surface area contributed by atoms with Gasteiger partial charge < -0.3 is 24.4 Å². The molecule has 2 saturated heterocycles. The highest BCUT2D eigenvalue weighted by atomic mass is 79.9. The summed E-state index contributed by atoms with van der Waals surface area (Å²) in [5.41, 5.74) is 1.30. The predicted molar refractivity (Wildman–Crippen MR) is 99.7 cm³/mol. The molecule has 0 bridgehead atoms. The zero-order valence-electron chi connectivity index (χ0n) is 15.3. The molecular weight excluding hydrogens is 420 g/mol. The third kappa shape index (κ3) is 5.75. The second-order valence-corrected chi connectivity index (χ2v) is 7.08. The molecule has 2 fully saturated rings. The zero-order chi connectivity index (χ0) is 19.9. The maximum atomic E-state index is 12.0. The van der Waals surface area contributed by atoms with Crippen LogP contribution in [0.15, 0.2) is 28.7 Å². The number of amides is 2. The standard InChI is InChI=1S/C11H16N2O6.C7H7Br/c1-17-10(16)8-4-11(18-2-3-19-11)6-13(8)9(15)5-12-7-14;1-6-2-4-7(8)5-3-6/h7-8H,2-6H2,1H3,(H,12,14);2-5H,1H3. The molecule has 0 radical (unpaired) electrons. The van der Waals surface area contributed by atoms with Gasteiger partial charge in [0.05, 0.1) is 33.4 Å². The van der Waals surface area contributed by atoms with Crippen LogP contribution in [0.4, 0.5) is 0 Å². The number of carbonyl (C=O) groups is 3. The van der Waals surface area contributed by atoms with E-state index >= 15 is 0 Å². The van der Waals surface area contributed by atoms with Crippen molar-refractivity contribution in [2.45, 2.75) is 25.2 Å². The molecule has 0 aliphatic carbocycles. The van der Waals surface area contributed by atoms with Gasteiger partial charge in [-0.2, -0.15) is 0 Å². The van der Waals surface area contributed by atoms with Crippen LogP contribution in [0.5, 0.6) is 0 Å². The van der Waals surface area contributed by atoms with E-state index in [2.05, 4.69) is 45.0 Å². The van der Waals surface area contributed by atoms with E-state index < -0.39 is 17.8 Å². The van der Waals surface area contributed by atoms with Gasteiger partial charge in [0.25, 0.3) is 0 Å². The van der Waals surface area contributed by atoms with Gasteiger partial charge in [0.15, 0.2) is 5.79 Å². The monoisotopic (exact) mass is 442 g/mol. The number of rotatable bonds is 4. The van der Waals surface area contributed by atoms with E-state index in [0.717, 1.165) is 4.47 Å². The van der Waals surface area contributed by atoms with Crippen LogP contribution in [0.3, 0.4) is 0 Å². The second kappa shape index (κ2) is 9.82. The molecule has 1 unspecified atom stereocenters. The van der Waals surface area contributed by atoms with E-state index in [4.69, 9.17) is 9.47 Å². The van der Waals surface area contributed by atoms with Crippen LogP contribution in [0.1, 0.15) is 12.0 Å². The lowest BCUT2D eigenvalue weighted by atomic mass is 10.1. The maximum Gasteiger partial charge on any atom is 0.328 e. The summed E-state index contributed by atoms with van der Waals surface area (Å²) in [6.45, 7) is 2.93. The van der Waals surface area contributed by atoms with Crippen molar-refractivity contribution in [2.75, 3.05) is 33.4 Å². The third-order valence-electron chi connectivity index (χ3n) is 4.25. The Kier molecular flexibility index (Phi) is 7.76. The minimum absolute atomic E-state index is 0.159. The van der Waals surface area contributed by atoms with Crippen LogP contribution in [0.2, 0.25) is 0 Å². The molecule has 3 rings (SSSR count). The van der Waals surface area contributed by atoms with Gasteiger partial charge in [0.2, 0.25) is 12.3 Å². The van der Waals surface area contributed by atoms with Crippen LogP contribution < -0.4 is 5.32 Å². The number of hydrogen-bond acceptors (Lipinski definition) is 6. The van der Waals surface area contributed by atoms with E-state index in [9.17, 15) is 14.4 Å². The fourth-order valence-electron chi connectivity index (χ4n) is 2.92. The minimum Gasteiger partial charge on any atom is -0.467 e. The molecular formula is C18H23BrN2O6. The van der Waals surface area contributed by atoms with Crippen molar-refractivity contribution in [2.24, 2.45) is 0 Å². The van der Waals surface area contributed by atoms with Crippen molar-refractivity contribution < 1.29 is 28.6 Å². The molecule has 8 nitrogen and oxygen atoms in total. The lowest BCUT2D eigenvalue weighted by molar-refractivity contribution is -0.152. The Morgan fingerprint density at radius 2 is 1.96 bits per heavy atom. The Hall–Kier alpha value is -1.97. The summed E-state index contributed by atoms with van der Waals surface area (Å²) in [5, 5.41) is 2.28. The topological polar surface area (TPSA) is 94.2 Å². The van der Waals surface area contributed by atoms with Crippen molar-refractivity contribution in [3.63, 3.8) is 0 Å². The molecule has 1 aromatic carbocycles. The van der Waals surface area contributed by atoms with Crippen LogP contribution in [-0.2, 0) is 28.6 Å². The van der Waals surface area contributed by atoms with E-state index in [1.165, 1.54) is 17.6 Å². The van der Waals surface area contributed by atoms with E-state index in [1.54, 1.807) is 0 Å². The van der Waals surface area contributed by atoms with Crippen molar-refractivity contribution in [1.82, 2.24) is 10.2 Å². The fraction of sp³-hybridized carbons (Fsp3) is 0.500. The second-order valence-electron chi connectivity index (χ2n) is 6.17. The number of likely N-dealkylation sites (tertiary alicyclic amines) is 1. The van der Waals surface area contributed by atoms with Gasteiger partial charge in [0, 0.05) is 10.9 Å². The van der Waals surface area contributed by atoms with Gasteiger partial charge in [-0.3, -0.25) is 9.59 Å². The number of nitrogens with zero attached hydrogens (tertiary/aromatic N) is 1. The number of hydrogen-bond donors (Lipinski definition) is 1. The lowest BCUT2D eigenvalue weighted by Crippen LogP contribution is -2.45. The first kappa shape index (κ1) is 21.3. The summed E-state index contributed by atoms with van der Waals surface area (Å²) < 4.78 is 16.8. The summed E-state index contributed by atoms with van der Waals surface area (Å²) in [6, 6.07) is 7.47. The summed E-state index contributed by atoms with van der Waals surface area (Å²) >= 11 is 3.35. The molecule has 0 saturated carbocycles. The van der Waals surface area contributed by atoms with Gasteiger partial charge in [-0.25, -0.2) is 4.79 Å². The molecule has 2 amide bonds. The highest BCUT2D eigenvalue weighted by Gasteiger charge is 2.52. The number of methoxy groups -OCH3 is 1. The Morgan fingerprint density at radius 1 is 1.33 bits per heavy atom. The lowest BCUT2D eigenvalue weighted by Gasteiger charge is -2.23. The quantitative estimate of drug-likeness (QED) is 0.552. The van der Waals surface area contributed by atoms with Crippen LogP contribution in [0.25, 0.3) is 0 Å². The number of halogens is 1. The highest BCUT2D eigenvalue weighted by Crippen LogP contribution is 2.35. The van der Waals surface area contributed by atoms with Gasteiger partial charge in [-0.05, 0) is 19.1 Å². The number of nitrogens with one attached hydrogen (secondary N) is 1. The van der Waals surface area contributed by atoms with Crippen LogP contribution in [0, 0.1) is 6.92 Å². The Labute approximate surface area is 166 Å². The van der Waals surface area contributed by atoms with Gasteiger partial charge in [-0.15, -0.1) is 0 Å². The minimum atomic E-state index is -0.921. The van der Waals surface area contributed by atoms with Crippen molar-refractivity contribution in [1.29, 1.82) is 0 Å². The molecule has 1 atom stereocenters. The van der Waals surface area contributed by atoms with Crippen molar-refractivity contribution in [3.8, 4) is 0 Å². The molecule has 1 N–H and O–H groups in total. The SMILES string of the molecule is COC(=O)C1CC2(CN1C(=O)CNC=O)OCCO2.Cc1ccc(Br)cc1. The summed E-state index contributed by atoms with van der Waals surface area (Å²) in [5.74, 6) is -1.82. The third-order valence-corrected chi connectivity index (χ3v) is 4.78. The molecule has 9 heteroatoms. The van der Waals surface area contributed by atoms with Gasteiger partial charge in [0.1, 0.15) is 6.04 Å². The number of aryl methyl sites for hydroxylation is 1. The maximum absolute atomic E-state index is 12.0. The number of esters is 1. The molecule has 0 aromatic heterocycles. The Balaban J connectivity index is 0.000000273. The molecule has 2 aliphatic rings. The smallest absolute Gasteiger partial charge is 0.328 e. The van der Waals surface area contributed by atoms with E-state index in [0.29, 0.717) is 19.6 Å². The largest absolute Gasteiger partial charge is 0.467 e. The van der Waals surface area contributed by atoms with E-state index in [1.807, 2.05) is 12.1 Å². The molecule has 2 aliphatic heterocycles. The molecule has 148 valence electrons. The molecule has 1 aromatic rings. The first-order chi connectivity index (χ1) is 12.9. The molecule has 2 heterocycles. The summed E-state index contributed by atoms with van der Waals surface area (Å²) in [4.78, 5) is 35.2. The first-order valence-electron chi connectivity index (χ1n) is 8.45. The van der Waals surface area contributed by atoms with Gasteiger partial charge >= 0.3 is 5.97 Å². The van der Waals surface area contributed by atoms with Crippen molar-refractivity contribution in [3.05, 3.63) is 34.3 Å². The highest BCUT2D eigenvalue weighted by molar-refractivity contribution is 9.10. The van der Waals surface area contributed by atoms with Crippen LogP contribution in [-0.4, -0.2) is 68.4 Å². The Morgan fingerprint density at radius 3 is 2.48 bits per heavy atom. The molecule has 1 spiro atoms.